The smallest absolute Gasteiger partial charge is 0.265 e. The first-order valence-corrected chi connectivity index (χ1v) is 15.3. The number of carbonyl (C=O) groups excluding carboxylic acids is 2. The van der Waals surface area contributed by atoms with E-state index in [9.17, 15) is 9.59 Å². The maximum Gasteiger partial charge on any atom is 0.265 e. The fourth-order valence-electron chi connectivity index (χ4n) is 5.70. The van der Waals surface area contributed by atoms with Gasteiger partial charge in [-0.3, -0.25) is 9.59 Å². The van der Waals surface area contributed by atoms with E-state index in [-0.39, 0.29) is 11.8 Å². The Morgan fingerprint density at radius 1 is 1.05 bits per heavy atom. The SMILES string of the molecule is CCC1CCCCN1CCCNC(=O)c1ccc(/C=C2/Sc3ccccc3N(Cc3cccc(C)c3)C2=O)cc1. The zero-order valence-electron chi connectivity index (χ0n) is 23.6. The quantitative estimate of drug-likeness (QED) is 0.228. The molecule has 3 aromatic rings. The van der Waals surface area contributed by atoms with Crippen LogP contribution >= 0.6 is 11.8 Å². The van der Waals surface area contributed by atoms with Crippen LogP contribution in [0.5, 0.6) is 0 Å². The topological polar surface area (TPSA) is 52.7 Å². The van der Waals surface area contributed by atoms with Crippen LogP contribution in [-0.2, 0) is 11.3 Å². The summed E-state index contributed by atoms with van der Waals surface area (Å²) in [7, 11) is 0. The van der Waals surface area contributed by atoms with Crippen molar-refractivity contribution in [2.75, 3.05) is 24.5 Å². The summed E-state index contributed by atoms with van der Waals surface area (Å²) in [6.07, 6.45) is 8.02. The first-order valence-electron chi connectivity index (χ1n) is 14.5. The molecule has 2 aliphatic heterocycles. The summed E-state index contributed by atoms with van der Waals surface area (Å²) in [4.78, 5) is 32.6. The number of amides is 2. The van der Waals surface area contributed by atoms with Gasteiger partial charge in [0.2, 0.25) is 0 Å². The van der Waals surface area contributed by atoms with E-state index in [1.54, 1.807) is 0 Å². The number of likely N-dealkylation sites (tertiary alicyclic amines) is 1. The van der Waals surface area contributed by atoms with Crippen LogP contribution < -0.4 is 10.2 Å². The third-order valence-electron chi connectivity index (χ3n) is 7.85. The standard InChI is InChI=1S/C34H39N3O2S/c1-3-29-12-6-7-20-36(29)21-9-19-35-33(38)28-17-15-26(16-18-28)23-32-34(39)37(24-27-11-8-10-25(2)22-27)30-13-4-5-14-31(30)40-32/h4-5,8,10-11,13-18,22-23,29H,3,6-7,9,12,19-21,24H2,1-2H3,(H,35,38)/b32-23+. The maximum absolute atomic E-state index is 13.6. The second-order valence-corrected chi connectivity index (χ2v) is 11.9. The van der Waals surface area contributed by atoms with Crippen LogP contribution in [0.2, 0.25) is 0 Å². The molecule has 40 heavy (non-hydrogen) atoms. The van der Waals surface area contributed by atoms with Gasteiger partial charge in [-0.15, -0.1) is 0 Å². The molecule has 0 bridgehead atoms. The first-order chi connectivity index (χ1) is 19.5. The normalized spacial score (nSPS) is 18.6. The van der Waals surface area contributed by atoms with Gasteiger partial charge in [0.15, 0.2) is 0 Å². The summed E-state index contributed by atoms with van der Waals surface area (Å²) in [6.45, 7) is 7.76. The van der Waals surface area contributed by atoms with Crippen molar-refractivity contribution in [2.45, 2.75) is 63.4 Å². The van der Waals surface area contributed by atoms with Gasteiger partial charge >= 0.3 is 0 Å². The lowest BCUT2D eigenvalue weighted by Crippen LogP contribution is -2.40. The molecule has 2 amide bonds. The van der Waals surface area contributed by atoms with Crippen LogP contribution in [0.4, 0.5) is 5.69 Å². The Kier molecular flexibility index (Phi) is 9.40. The minimum atomic E-state index is -0.0498. The van der Waals surface area contributed by atoms with Crippen molar-refractivity contribution in [2.24, 2.45) is 0 Å². The van der Waals surface area contributed by atoms with Crippen LogP contribution in [0.25, 0.3) is 6.08 Å². The van der Waals surface area contributed by atoms with Gasteiger partial charge in [-0.25, -0.2) is 0 Å². The number of fused-ring (bicyclic) bond motifs is 1. The average Bonchev–Trinajstić information content (AvgIpc) is 2.98. The van der Waals surface area contributed by atoms with Crippen molar-refractivity contribution in [3.8, 4) is 0 Å². The Balaban J connectivity index is 1.22. The van der Waals surface area contributed by atoms with Gasteiger partial charge < -0.3 is 15.1 Å². The Bertz CT molecular complexity index is 1370. The molecule has 1 fully saturated rings. The van der Waals surface area contributed by atoms with E-state index in [1.165, 1.54) is 49.6 Å². The van der Waals surface area contributed by atoms with Crippen molar-refractivity contribution in [3.63, 3.8) is 0 Å². The van der Waals surface area contributed by atoms with Gasteiger partial charge in [-0.1, -0.05) is 79.2 Å². The summed E-state index contributed by atoms with van der Waals surface area (Å²) in [5.74, 6) is -0.0580. The van der Waals surface area contributed by atoms with E-state index in [2.05, 4.69) is 48.3 Å². The molecule has 1 N–H and O–H groups in total. The van der Waals surface area contributed by atoms with Crippen LogP contribution in [0.1, 0.15) is 66.1 Å². The van der Waals surface area contributed by atoms with E-state index in [0.717, 1.165) is 34.7 Å². The Hall–Kier alpha value is -3.35. The molecule has 208 valence electrons. The molecule has 0 saturated carbocycles. The molecule has 0 spiro atoms. The Morgan fingerprint density at radius 3 is 2.67 bits per heavy atom. The zero-order chi connectivity index (χ0) is 27.9. The molecule has 0 aromatic heterocycles. The lowest BCUT2D eigenvalue weighted by atomic mass is 10.00. The highest BCUT2D eigenvalue weighted by Gasteiger charge is 2.29. The number of aryl methyl sites for hydroxylation is 1. The summed E-state index contributed by atoms with van der Waals surface area (Å²) in [5, 5.41) is 3.08. The minimum Gasteiger partial charge on any atom is -0.352 e. The van der Waals surface area contributed by atoms with E-state index >= 15 is 0 Å². The molecule has 2 aliphatic rings. The molecule has 5 rings (SSSR count). The Morgan fingerprint density at radius 2 is 1.88 bits per heavy atom. The summed E-state index contributed by atoms with van der Waals surface area (Å²) >= 11 is 1.50. The van der Waals surface area contributed by atoms with Gasteiger partial charge in [0.05, 0.1) is 17.1 Å². The number of rotatable bonds is 9. The summed E-state index contributed by atoms with van der Waals surface area (Å²) in [6, 6.07) is 24.6. The molecule has 1 atom stereocenters. The molecule has 1 unspecified atom stereocenters. The predicted molar refractivity (Wildman–Crippen MR) is 166 cm³/mol. The number of nitrogens with zero attached hydrogens (tertiary/aromatic N) is 2. The lowest BCUT2D eigenvalue weighted by molar-refractivity contribution is -0.114. The minimum absolute atomic E-state index is 0.00829. The number of anilines is 1. The molecule has 5 nitrogen and oxygen atoms in total. The number of benzene rings is 3. The van der Waals surface area contributed by atoms with Crippen molar-refractivity contribution >= 4 is 35.3 Å². The number of hydrogen-bond donors (Lipinski definition) is 1. The van der Waals surface area contributed by atoms with E-state index in [1.807, 2.05) is 59.5 Å². The van der Waals surface area contributed by atoms with Gasteiger partial charge in [0.1, 0.15) is 0 Å². The fourth-order valence-corrected chi connectivity index (χ4v) is 6.76. The second-order valence-electron chi connectivity index (χ2n) is 10.8. The molecular formula is C34H39N3O2S. The molecule has 0 radical (unpaired) electrons. The number of piperidine rings is 1. The molecule has 3 aromatic carbocycles. The van der Waals surface area contributed by atoms with Crippen LogP contribution in [0.3, 0.4) is 0 Å². The van der Waals surface area contributed by atoms with Crippen molar-refractivity contribution < 1.29 is 9.59 Å². The van der Waals surface area contributed by atoms with Crippen LogP contribution in [0, 0.1) is 6.92 Å². The second kappa shape index (κ2) is 13.3. The molecule has 0 aliphatic carbocycles. The third kappa shape index (κ3) is 6.86. The van der Waals surface area contributed by atoms with Gasteiger partial charge in [0, 0.05) is 29.6 Å². The third-order valence-corrected chi connectivity index (χ3v) is 8.93. The van der Waals surface area contributed by atoms with Gasteiger partial charge in [-0.05, 0) is 80.6 Å². The number of hydrogen-bond acceptors (Lipinski definition) is 4. The number of nitrogens with one attached hydrogen (secondary N) is 1. The zero-order valence-corrected chi connectivity index (χ0v) is 24.4. The molecule has 1 saturated heterocycles. The average molecular weight is 554 g/mol. The molecule has 2 heterocycles. The first kappa shape index (κ1) is 28.2. The molecular weight excluding hydrogens is 514 g/mol. The van der Waals surface area contributed by atoms with Crippen molar-refractivity contribution in [1.82, 2.24) is 10.2 Å². The largest absolute Gasteiger partial charge is 0.352 e. The van der Waals surface area contributed by atoms with Crippen molar-refractivity contribution in [3.05, 3.63) is 100.0 Å². The van der Waals surface area contributed by atoms with Crippen LogP contribution in [0.15, 0.2) is 82.6 Å². The summed E-state index contributed by atoms with van der Waals surface area (Å²) in [5.41, 5.74) is 4.76. The Labute approximate surface area is 242 Å². The monoisotopic (exact) mass is 553 g/mol. The highest BCUT2D eigenvalue weighted by molar-refractivity contribution is 8.04. The van der Waals surface area contributed by atoms with Gasteiger partial charge in [-0.2, -0.15) is 0 Å². The predicted octanol–water partition coefficient (Wildman–Crippen LogP) is 7.06. The van der Waals surface area contributed by atoms with E-state index in [4.69, 9.17) is 0 Å². The summed E-state index contributed by atoms with van der Waals surface area (Å²) < 4.78 is 0. The van der Waals surface area contributed by atoms with Crippen LogP contribution in [-0.4, -0.2) is 42.4 Å². The lowest BCUT2D eigenvalue weighted by Gasteiger charge is -2.35. The number of thioether (sulfide) groups is 1. The fraction of sp³-hybridized carbons (Fsp3) is 0.353. The maximum atomic E-state index is 13.6. The molecule has 6 heteroatoms. The van der Waals surface area contributed by atoms with Crippen molar-refractivity contribution in [1.29, 1.82) is 0 Å². The number of carbonyl (C=O) groups is 2. The highest BCUT2D eigenvalue weighted by atomic mass is 32.2. The number of para-hydroxylation sites is 1. The highest BCUT2D eigenvalue weighted by Crippen LogP contribution is 2.42. The van der Waals surface area contributed by atoms with Gasteiger partial charge in [0.25, 0.3) is 11.8 Å². The van der Waals surface area contributed by atoms with E-state index < -0.39 is 0 Å². The van der Waals surface area contributed by atoms with E-state index in [0.29, 0.717) is 29.6 Å².